The zero-order chi connectivity index (χ0) is 13.5. The Kier molecular flexibility index (Phi) is 5.07. The van der Waals surface area contributed by atoms with E-state index in [2.05, 4.69) is 17.0 Å². The summed E-state index contributed by atoms with van der Waals surface area (Å²) in [5.41, 5.74) is 7.57. The molecule has 0 amide bonds. The SMILES string of the molecule is NCCN(Cc1ccccc1)Cc1ccccc1F. The van der Waals surface area contributed by atoms with Gasteiger partial charge in [-0.15, -0.1) is 0 Å². The van der Waals surface area contributed by atoms with Gasteiger partial charge in [0.15, 0.2) is 0 Å². The topological polar surface area (TPSA) is 29.3 Å². The van der Waals surface area contributed by atoms with Crippen molar-refractivity contribution in [1.82, 2.24) is 4.90 Å². The first-order valence-corrected chi connectivity index (χ1v) is 6.49. The minimum atomic E-state index is -0.155. The number of hydrogen-bond acceptors (Lipinski definition) is 2. The van der Waals surface area contributed by atoms with Crippen molar-refractivity contribution in [2.45, 2.75) is 13.1 Å². The second-order valence-corrected chi connectivity index (χ2v) is 4.58. The molecule has 0 saturated carbocycles. The van der Waals surface area contributed by atoms with Gasteiger partial charge in [0.1, 0.15) is 5.82 Å². The second kappa shape index (κ2) is 7.02. The Hall–Kier alpha value is -1.71. The van der Waals surface area contributed by atoms with Crippen molar-refractivity contribution in [2.24, 2.45) is 5.73 Å². The third kappa shape index (κ3) is 4.16. The molecular formula is C16H19FN2. The Morgan fingerprint density at radius 3 is 2.26 bits per heavy atom. The molecule has 0 aliphatic rings. The first kappa shape index (κ1) is 13.7. The molecule has 0 fully saturated rings. The van der Waals surface area contributed by atoms with Gasteiger partial charge in [0.25, 0.3) is 0 Å². The molecule has 2 aromatic carbocycles. The van der Waals surface area contributed by atoms with Crippen LogP contribution in [0.4, 0.5) is 4.39 Å². The van der Waals surface area contributed by atoms with Gasteiger partial charge in [-0.25, -0.2) is 4.39 Å². The lowest BCUT2D eigenvalue weighted by molar-refractivity contribution is 0.260. The minimum absolute atomic E-state index is 0.155. The third-order valence-corrected chi connectivity index (χ3v) is 3.05. The van der Waals surface area contributed by atoms with Gasteiger partial charge in [-0.05, 0) is 11.6 Å². The molecule has 0 aromatic heterocycles. The van der Waals surface area contributed by atoms with Gasteiger partial charge in [-0.3, -0.25) is 4.90 Å². The van der Waals surface area contributed by atoms with Crippen LogP contribution in [-0.4, -0.2) is 18.0 Å². The molecule has 2 N–H and O–H groups in total. The molecule has 0 radical (unpaired) electrons. The molecule has 19 heavy (non-hydrogen) atoms. The zero-order valence-electron chi connectivity index (χ0n) is 10.9. The van der Waals surface area contributed by atoms with E-state index in [1.54, 1.807) is 6.07 Å². The maximum Gasteiger partial charge on any atom is 0.127 e. The van der Waals surface area contributed by atoms with Gasteiger partial charge < -0.3 is 5.73 Å². The normalized spacial score (nSPS) is 10.9. The van der Waals surface area contributed by atoms with Crippen LogP contribution >= 0.6 is 0 Å². The molecule has 0 spiro atoms. The van der Waals surface area contributed by atoms with Crippen LogP contribution in [0.25, 0.3) is 0 Å². The van der Waals surface area contributed by atoms with E-state index in [0.29, 0.717) is 18.7 Å². The van der Waals surface area contributed by atoms with Crippen LogP contribution in [-0.2, 0) is 13.1 Å². The summed E-state index contributed by atoms with van der Waals surface area (Å²) in [5.74, 6) is -0.155. The maximum absolute atomic E-state index is 13.7. The van der Waals surface area contributed by atoms with E-state index in [0.717, 1.165) is 13.1 Å². The van der Waals surface area contributed by atoms with Crippen molar-refractivity contribution in [2.75, 3.05) is 13.1 Å². The number of rotatable bonds is 6. The first-order valence-electron chi connectivity index (χ1n) is 6.49. The Morgan fingerprint density at radius 2 is 1.58 bits per heavy atom. The molecule has 0 saturated heterocycles. The molecule has 0 aliphatic heterocycles. The number of halogens is 1. The van der Waals surface area contributed by atoms with E-state index in [1.165, 1.54) is 11.6 Å². The lowest BCUT2D eigenvalue weighted by Crippen LogP contribution is -2.29. The van der Waals surface area contributed by atoms with Gasteiger partial charge >= 0.3 is 0 Å². The monoisotopic (exact) mass is 258 g/mol. The summed E-state index contributed by atoms with van der Waals surface area (Å²) in [7, 11) is 0. The van der Waals surface area contributed by atoms with Gasteiger partial charge in [0.2, 0.25) is 0 Å². The van der Waals surface area contributed by atoms with Crippen LogP contribution in [0.1, 0.15) is 11.1 Å². The van der Waals surface area contributed by atoms with Crippen molar-refractivity contribution < 1.29 is 4.39 Å². The summed E-state index contributed by atoms with van der Waals surface area (Å²) in [4.78, 5) is 2.16. The van der Waals surface area contributed by atoms with Gasteiger partial charge in [0, 0.05) is 31.7 Å². The smallest absolute Gasteiger partial charge is 0.127 e. The second-order valence-electron chi connectivity index (χ2n) is 4.58. The minimum Gasteiger partial charge on any atom is -0.329 e. The van der Waals surface area contributed by atoms with E-state index in [-0.39, 0.29) is 5.82 Å². The Labute approximate surface area is 113 Å². The first-order chi connectivity index (χ1) is 9.29. The molecule has 2 rings (SSSR count). The van der Waals surface area contributed by atoms with E-state index in [1.807, 2.05) is 30.3 Å². The summed E-state index contributed by atoms with van der Waals surface area (Å²) >= 11 is 0. The van der Waals surface area contributed by atoms with Crippen LogP contribution in [0.15, 0.2) is 54.6 Å². The highest BCUT2D eigenvalue weighted by molar-refractivity contribution is 5.18. The molecule has 0 atom stereocenters. The van der Waals surface area contributed by atoms with Crippen molar-refractivity contribution in [3.05, 3.63) is 71.5 Å². The number of hydrogen-bond donors (Lipinski definition) is 1. The van der Waals surface area contributed by atoms with E-state index >= 15 is 0 Å². The van der Waals surface area contributed by atoms with Crippen LogP contribution in [0.2, 0.25) is 0 Å². The van der Waals surface area contributed by atoms with Crippen LogP contribution < -0.4 is 5.73 Å². The summed E-state index contributed by atoms with van der Waals surface area (Å²) in [5, 5.41) is 0. The average Bonchev–Trinajstić information content (AvgIpc) is 2.43. The molecule has 2 aromatic rings. The van der Waals surface area contributed by atoms with Crippen molar-refractivity contribution in [3.63, 3.8) is 0 Å². The van der Waals surface area contributed by atoms with E-state index < -0.39 is 0 Å². The predicted octanol–water partition coefficient (Wildman–Crippen LogP) is 2.79. The molecule has 0 unspecified atom stereocenters. The zero-order valence-corrected chi connectivity index (χ0v) is 10.9. The number of benzene rings is 2. The largest absolute Gasteiger partial charge is 0.329 e. The molecule has 3 heteroatoms. The van der Waals surface area contributed by atoms with Gasteiger partial charge in [-0.1, -0.05) is 48.5 Å². The summed E-state index contributed by atoms with van der Waals surface area (Å²) in [6.07, 6.45) is 0. The van der Waals surface area contributed by atoms with E-state index in [4.69, 9.17) is 5.73 Å². The fraction of sp³-hybridized carbons (Fsp3) is 0.250. The molecule has 100 valence electrons. The van der Waals surface area contributed by atoms with Crippen molar-refractivity contribution >= 4 is 0 Å². The average molecular weight is 258 g/mol. The lowest BCUT2D eigenvalue weighted by atomic mass is 10.1. The van der Waals surface area contributed by atoms with E-state index in [9.17, 15) is 4.39 Å². The molecule has 0 heterocycles. The summed E-state index contributed by atoms with van der Waals surface area (Å²) in [6.45, 7) is 2.69. The van der Waals surface area contributed by atoms with Gasteiger partial charge in [0.05, 0.1) is 0 Å². The molecular weight excluding hydrogens is 239 g/mol. The van der Waals surface area contributed by atoms with Crippen LogP contribution in [0.5, 0.6) is 0 Å². The van der Waals surface area contributed by atoms with Crippen LogP contribution in [0, 0.1) is 5.82 Å². The maximum atomic E-state index is 13.7. The summed E-state index contributed by atoms with van der Waals surface area (Å²) < 4.78 is 13.7. The highest BCUT2D eigenvalue weighted by atomic mass is 19.1. The molecule has 0 bridgehead atoms. The predicted molar refractivity (Wildman–Crippen MR) is 76.0 cm³/mol. The Balaban J connectivity index is 2.06. The van der Waals surface area contributed by atoms with Crippen molar-refractivity contribution in [3.8, 4) is 0 Å². The standard InChI is InChI=1S/C16H19FN2/c17-16-9-5-4-8-15(16)13-19(11-10-18)12-14-6-2-1-3-7-14/h1-9H,10-13,18H2. The molecule has 2 nitrogen and oxygen atoms in total. The third-order valence-electron chi connectivity index (χ3n) is 3.05. The number of nitrogens with two attached hydrogens (primary N) is 1. The summed E-state index contributed by atoms with van der Waals surface area (Å²) in [6, 6.07) is 17.1. The van der Waals surface area contributed by atoms with Crippen LogP contribution in [0.3, 0.4) is 0 Å². The Morgan fingerprint density at radius 1 is 0.895 bits per heavy atom. The Bertz CT molecular complexity index is 499. The fourth-order valence-electron chi connectivity index (χ4n) is 2.11. The quantitative estimate of drug-likeness (QED) is 0.863. The van der Waals surface area contributed by atoms with Crippen molar-refractivity contribution in [1.29, 1.82) is 0 Å². The number of nitrogens with zero attached hydrogens (tertiary/aromatic N) is 1. The lowest BCUT2D eigenvalue weighted by Gasteiger charge is -2.22. The molecule has 0 aliphatic carbocycles. The fourth-order valence-corrected chi connectivity index (χ4v) is 2.11. The highest BCUT2D eigenvalue weighted by Crippen LogP contribution is 2.12. The van der Waals surface area contributed by atoms with Gasteiger partial charge in [-0.2, -0.15) is 0 Å². The highest BCUT2D eigenvalue weighted by Gasteiger charge is 2.09.